The second kappa shape index (κ2) is 11.1. The van der Waals surface area contributed by atoms with E-state index in [0.29, 0.717) is 0 Å². The van der Waals surface area contributed by atoms with E-state index in [1.54, 1.807) is 0 Å². The Bertz CT molecular complexity index is 2320. The van der Waals surface area contributed by atoms with Crippen LogP contribution in [0.4, 0.5) is 0 Å². The van der Waals surface area contributed by atoms with Gasteiger partial charge in [-0.1, -0.05) is 136 Å². The number of pyridine rings is 1. The molecule has 1 heterocycles. The normalized spacial score (nSPS) is 11.8. The van der Waals surface area contributed by atoms with Crippen LogP contribution in [-0.2, 0) is 5.41 Å². The van der Waals surface area contributed by atoms with Crippen LogP contribution in [0.5, 0.6) is 0 Å². The summed E-state index contributed by atoms with van der Waals surface area (Å²) >= 11 is 0. The second-order valence-corrected chi connectivity index (χ2v) is 13.3. The van der Waals surface area contributed by atoms with Crippen LogP contribution < -0.4 is 0 Å². The van der Waals surface area contributed by atoms with Crippen molar-refractivity contribution in [3.63, 3.8) is 0 Å². The van der Waals surface area contributed by atoms with Crippen molar-refractivity contribution in [3.05, 3.63) is 164 Å². The molecule has 1 heteroatoms. The maximum Gasteiger partial charge on any atom is 0.0273 e. The highest BCUT2D eigenvalue weighted by Crippen LogP contribution is 2.44. The fourth-order valence-electron chi connectivity index (χ4n) is 6.89. The molecule has 8 rings (SSSR count). The van der Waals surface area contributed by atoms with Gasteiger partial charge in [-0.25, -0.2) is 0 Å². The molecule has 0 amide bonds. The number of hydrogen-bond acceptors (Lipinski definition) is 1. The van der Waals surface area contributed by atoms with E-state index < -0.39 is 0 Å². The SMILES string of the molecule is CC(C)(C)c1ccc(-c2c3ccccc3c(-c3ccc4cc(-c5cccc(-c6ccncc6)c5)ccc4c3)c3ccccc23)cc1. The number of benzene rings is 7. The molecule has 0 saturated carbocycles. The Morgan fingerprint density at radius 3 is 1.39 bits per heavy atom. The van der Waals surface area contributed by atoms with Gasteiger partial charge in [0.25, 0.3) is 0 Å². The van der Waals surface area contributed by atoms with Crippen molar-refractivity contribution in [2.75, 3.05) is 0 Å². The van der Waals surface area contributed by atoms with Gasteiger partial charge < -0.3 is 0 Å². The van der Waals surface area contributed by atoms with Crippen molar-refractivity contribution < 1.29 is 0 Å². The summed E-state index contributed by atoms with van der Waals surface area (Å²) in [5.41, 5.74) is 11.4. The molecule has 0 fully saturated rings. The molecular formula is C45H35N. The van der Waals surface area contributed by atoms with Crippen LogP contribution in [0.25, 0.3) is 76.8 Å². The zero-order chi connectivity index (χ0) is 31.3. The van der Waals surface area contributed by atoms with Crippen molar-refractivity contribution in [3.8, 4) is 44.5 Å². The van der Waals surface area contributed by atoms with Crippen LogP contribution in [-0.4, -0.2) is 4.98 Å². The summed E-state index contributed by atoms with van der Waals surface area (Å²) in [6.45, 7) is 6.81. The molecule has 0 aliphatic rings. The summed E-state index contributed by atoms with van der Waals surface area (Å²) in [5.74, 6) is 0. The van der Waals surface area contributed by atoms with Gasteiger partial charge in [0.15, 0.2) is 0 Å². The summed E-state index contributed by atoms with van der Waals surface area (Å²) in [6, 6.07) is 53.6. The first kappa shape index (κ1) is 28.0. The van der Waals surface area contributed by atoms with Crippen LogP contribution in [0.1, 0.15) is 26.3 Å². The Balaban J connectivity index is 1.26. The third-order valence-electron chi connectivity index (χ3n) is 9.31. The molecule has 46 heavy (non-hydrogen) atoms. The van der Waals surface area contributed by atoms with Crippen molar-refractivity contribution in [2.45, 2.75) is 26.2 Å². The zero-order valence-corrected chi connectivity index (χ0v) is 26.5. The Morgan fingerprint density at radius 1 is 0.370 bits per heavy atom. The van der Waals surface area contributed by atoms with E-state index in [1.165, 1.54) is 82.4 Å². The molecule has 0 bridgehead atoms. The van der Waals surface area contributed by atoms with E-state index in [4.69, 9.17) is 0 Å². The summed E-state index contributed by atoms with van der Waals surface area (Å²) in [7, 11) is 0. The molecular weight excluding hydrogens is 555 g/mol. The van der Waals surface area contributed by atoms with Gasteiger partial charge in [0, 0.05) is 12.4 Å². The van der Waals surface area contributed by atoms with Crippen molar-refractivity contribution in [2.24, 2.45) is 0 Å². The van der Waals surface area contributed by atoms with E-state index in [0.717, 1.165) is 0 Å². The number of aromatic nitrogens is 1. The molecule has 0 unspecified atom stereocenters. The summed E-state index contributed by atoms with van der Waals surface area (Å²) in [4.78, 5) is 4.18. The van der Waals surface area contributed by atoms with E-state index in [1.807, 2.05) is 12.4 Å². The average molecular weight is 590 g/mol. The third kappa shape index (κ3) is 4.95. The minimum atomic E-state index is 0.119. The molecule has 0 aliphatic heterocycles. The number of rotatable bonds is 4. The predicted molar refractivity (Wildman–Crippen MR) is 197 cm³/mol. The van der Waals surface area contributed by atoms with Crippen molar-refractivity contribution in [1.29, 1.82) is 0 Å². The molecule has 0 aliphatic carbocycles. The zero-order valence-electron chi connectivity index (χ0n) is 26.5. The van der Waals surface area contributed by atoms with Crippen LogP contribution >= 0.6 is 0 Å². The van der Waals surface area contributed by atoms with Crippen molar-refractivity contribution in [1.82, 2.24) is 4.98 Å². The summed E-state index contributed by atoms with van der Waals surface area (Å²) < 4.78 is 0. The minimum absolute atomic E-state index is 0.119. The second-order valence-electron chi connectivity index (χ2n) is 13.3. The number of fused-ring (bicyclic) bond motifs is 3. The first-order chi connectivity index (χ1) is 22.4. The molecule has 0 spiro atoms. The average Bonchev–Trinajstić information content (AvgIpc) is 3.10. The Kier molecular flexibility index (Phi) is 6.76. The Morgan fingerprint density at radius 2 is 0.826 bits per heavy atom. The maximum atomic E-state index is 4.18. The van der Waals surface area contributed by atoms with Crippen molar-refractivity contribution >= 4 is 32.3 Å². The predicted octanol–water partition coefficient (Wildman–Crippen LogP) is 12.5. The first-order valence-electron chi connectivity index (χ1n) is 16.0. The molecule has 220 valence electrons. The standard InChI is InChI=1S/C45H35N/c1-45(2,3)38-21-19-31(20-22-38)43-39-11-4-6-13-41(39)44(42-14-7-5-12-40(42)43)37-18-17-35-28-34(15-16-36(35)29-37)33-10-8-9-32(27-33)30-23-25-46-26-24-30/h4-29H,1-3H3. The van der Waals surface area contributed by atoms with Gasteiger partial charge in [0.05, 0.1) is 0 Å². The van der Waals surface area contributed by atoms with E-state index in [9.17, 15) is 0 Å². The van der Waals surface area contributed by atoms with E-state index in [-0.39, 0.29) is 5.41 Å². The molecule has 0 atom stereocenters. The monoisotopic (exact) mass is 589 g/mol. The van der Waals surface area contributed by atoms with E-state index >= 15 is 0 Å². The topological polar surface area (TPSA) is 12.9 Å². The summed E-state index contributed by atoms with van der Waals surface area (Å²) in [6.07, 6.45) is 3.69. The third-order valence-corrected chi connectivity index (χ3v) is 9.31. The highest BCUT2D eigenvalue weighted by Gasteiger charge is 2.18. The lowest BCUT2D eigenvalue weighted by Crippen LogP contribution is -2.10. The summed E-state index contributed by atoms with van der Waals surface area (Å²) in [5, 5.41) is 7.59. The van der Waals surface area contributed by atoms with Gasteiger partial charge in [-0.15, -0.1) is 0 Å². The van der Waals surface area contributed by atoms with Gasteiger partial charge in [0.1, 0.15) is 0 Å². The van der Waals surface area contributed by atoms with Gasteiger partial charge in [0.2, 0.25) is 0 Å². The highest BCUT2D eigenvalue weighted by molar-refractivity contribution is 6.21. The minimum Gasteiger partial charge on any atom is -0.265 e. The molecule has 0 saturated heterocycles. The maximum absolute atomic E-state index is 4.18. The largest absolute Gasteiger partial charge is 0.265 e. The molecule has 0 N–H and O–H groups in total. The van der Waals surface area contributed by atoms with Crippen LogP contribution in [0.15, 0.2) is 158 Å². The fraction of sp³-hybridized carbons (Fsp3) is 0.0889. The first-order valence-corrected chi connectivity index (χ1v) is 16.0. The number of nitrogens with zero attached hydrogens (tertiary/aromatic N) is 1. The molecule has 7 aromatic carbocycles. The van der Waals surface area contributed by atoms with Gasteiger partial charge in [-0.05, 0) is 118 Å². The number of hydrogen-bond donors (Lipinski definition) is 0. The lowest BCUT2D eigenvalue weighted by Gasteiger charge is -2.21. The molecule has 8 aromatic rings. The van der Waals surface area contributed by atoms with Crippen LogP contribution in [0, 0.1) is 0 Å². The Hall–Kier alpha value is -5.53. The highest BCUT2D eigenvalue weighted by atomic mass is 14.6. The van der Waals surface area contributed by atoms with Gasteiger partial charge >= 0.3 is 0 Å². The lowest BCUT2D eigenvalue weighted by atomic mass is 9.83. The smallest absolute Gasteiger partial charge is 0.0273 e. The van der Waals surface area contributed by atoms with Gasteiger partial charge in [-0.2, -0.15) is 0 Å². The molecule has 0 radical (unpaired) electrons. The van der Waals surface area contributed by atoms with E-state index in [2.05, 4.69) is 171 Å². The van der Waals surface area contributed by atoms with Gasteiger partial charge in [-0.3, -0.25) is 4.98 Å². The fourth-order valence-corrected chi connectivity index (χ4v) is 6.89. The quantitative estimate of drug-likeness (QED) is 0.186. The molecule has 1 aromatic heterocycles. The van der Waals surface area contributed by atoms with Crippen LogP contribution in [0.2, 0.25) is 0 Å². The molecule has 1 nitrogen and oxygen atoms in total. The Labute approximate surface area is 270 Å². The lowest BCUT2D eigenvalue weighted by molar-refractivity contribution is 0.590. The van der Waals surface area contributed by atoms with Crippen LogP contribution in [0.3, 0.4) is 0 Å².